The van der Waals surface area contributed by atoms with Crippen LogP contribution in [0.5, 0.6) is 5.75 Å². The summed E-state index contributed by atoms with van der Waals surface area (Å²) in [7, 11) is 0. The van der Waals surface area contributed by atoms with Gasteiger partial charge in [-0.3, -0.25) is 0 Å². The van der Waals surface area contributed by atoms with Crippen LogP contribution in [0.2, 0.25) is 0 Å². The zero-order valence-corrected chi connectivity index (χ0v) is 19.2. The average molecular weight is 451 g/mol. The number of benzene rings is 2. The van der Waals surface area contributed by atoms with Gasteiger partial charge in [-0.25, -0.2) is 4.68 Å². The van der Waals surface area contributed by atoms with E-state index in [0.717, 1.165) is 22.4 Å². The predicted molar refractivity (Wildman–Crippen MR) is 123 cm³/mol. The highest BCUT2D eigenvalue weighted by atomic mass is 32.2. The van der Waals surface area contributed by atoms with E-state index in [1.165, 1.54) is 16.4 Å². The molecule has 8 nitrogen and oxygen atoms in total. The van der Waals surface area contributed by atoms with Crippen LogP contribution in [0.3, 0.4) is 0 Å². The third-order valence-corrected chi connectivity index (χ3v) is 5.84. The van der Waals surface area contributed by atoms with Gasteiger partial charge in [0.25, 0.3) is 0 Å². The zero-order valence-electron chi connectivity index (χ0n) is 18.4. The van der Waals surface area contributed by atoms with Gasteiger partial charge in [-0.05, 0) is 35.6 Å². The van der Waals surface area contributed by atoms with Crippen molar-refractivity contribution in [3.05, 3.63) is 82.8 Å². The van der Waals surface area contributed by atoms with E-state index in [4.69, 9.17) is 15.0 Å². The van der Waals surface area contributed by atoms with Crippen LogP contribution in [0.15, 0.2) is 58.1 Å². The summed E-state index contributed by atoms with van der Waals surface area (Å²) in [6.07, 6.45) is 0.602. The maximum absolute atomic E-state index is 6.19. The summed E-state index contributed by atoms with van der Waals surface area (Å²) in [4.78, 5) is 0. The van der Waals surface area contributed by atoms with Crippen molar-refractivity contribution in [2.45, 2.75) is 50.6 Å². The first-order valence-electron chi connectivity index (χ1n) is 10.4. The number of aromatic nitrogens is 5. The van der Waals surface area contributed by atoms with E-state index in [2.05, 4.69) is 46.4 Å². The standard InChI is InChI=1S/C23H26N6O2S/c1-15(2)18-10-9-16(3)11-19(18)30-13-20-25-28-23(29(20)24)32-14-22-27-26-21(31-22)12-17-7-5-4-6-8-17/h4-11,15H,12-14,24H2,1-3H3. The van der Waals surface area contributed by atoms with Gasteiger partial charge in [0.05, 0.1) is 12.2 Å². The number of hydrogen-bond donors (Lipinski definition) is 1. The second-order valence-electron chi connectivity index (χ2n) is 7.79. The lowest BCUT2D eigenvalue weighted by atomic mass is 10.0. The summed E-state index contributed by atoms with van der Waals surface area (Å²) in [5, 5.41) is 17.1. The van der Waals surface area contributed by atoms with Crippen molar-refractivity contribution in [3.63, 3.8) is 0 Å². The summed E-state index contributed by atoms with van der Waals surface area (Å²) in [6, 6.07) is 16.2. The largest absolute Gasteiger partial charge is 0.485 e. The monoisotopic (exact) mass is 450 g/mol. The van der Waals surface area contributed by atoms with Crippen LogP contribution in [-0.2, 0) is 18.8 Å². The highest BCUT2D eigenvalue weighted by Gasteiger charge is 2.15. The van der Waals surface area contributed by atoms with Gasteiger partial charge in [-0.2, -0.15) is 0 Å². The van der Waals surface area contributed by atoms with E-state index in [9.17, 15) is 0 Å². The molecule has 166 valence electrons. The Labute approximate surface area is 191 Å². The Morgan fingerprint density at radius 2 is 1.81 bits per heavy atom. The summed E-state index contributed by atoms with van der Waals surface area (Å²) in [5.74, 6) is 9.48. The molecule has 2 heterocycles. The van der Waals surface area contributed by atoms with E-state index < -0.39 is 0 Å². The Hall–Kier alpha value is -3.33. The van der Waals surface area contributed by atoms with Crippen molar-refractivity contribution < 1.29 is 9.15 Å². The number of ether oxygens (including phenoxy) is 1. The maximum Gasteiger partial charge on any atom is 0.226 e. The first kappa shape index (κ1) is 21.9. The van der Waals surface area contributed by atoms with Crippen LogP contribution in [-0.4, -0.2) is 25.1 Å². The molecule has 0 saturated carbocycles. The summed E-state index contributed by atoms with van der Waals surface area (Å²) in [6.45, 7) is 6.55. The van der Waals surface area contributed by atoms with Crippen molar-refractivity contribution in [3.8, 4) is 5.75 Å². The van der Waals surface area contributed by atoms with E-state index in [-0.39, 0.29) is 6.61 Å². The number of thioether (sulfide) groups is 1. The first-order valence-corrected chi connectivity index (χ1v) is 11.4. The van der Waals surface area contributed by atoms with Crippen LogP contribution in [0.25, 0.3) is 0 Å². The Morgan fingerprint density at radius 3 is 2.59 bits per heavy atom. The van der Waals surface area contributed by atoms with Gasteiger partial charge in [0.1, 0.15) is 12.4 Å². The smallest absolute Gasteiger partial charge is 0.226 e. The van der Waals surface area contributed by atoms with Crippen molar-refractivity contribution in [2.75, 3.05) is 5.84 Å². The van der Waals surface area contributed by atoms with E-state index in [0.29, 0.717) is 40.9 Å². The topological polar surface area (TPSA) is 105 Å². The van der Waals surface area contributed by atoms with Gasteiger partial charge in [-0.15, -0.1) is 20.4 Å². The minimum atomic E-state index is 0.231. The van der Waals surface area contributed by atoms with Gasteiger partial charge in [0.2, 0.25) is 16.9 Å². The molecule has 0 amide bonds. The molecule has 0 saturated heterocycles. The molecular weight excluding hydrogens is 424 g/mol. The Balaban J connectivity index is 1.35. The van der Waals surface area contributed by atoms with Crippen LogP contribution >= 0.6 is 11.8 Å². The fraction of sp³-hybridized carbons (Fsp3) is 0.304. The fourth-order valence-corrected chi connectivity index (χ4v) is 3.92. The maximum atomic E-state index is 6.19. The molecule has 0 aliphatic heterocycles. The van der Waals surface area contributed by atoms with Gasteiger partial charge >= 0.3 is 0 Å². The normalized spacial score (nSPS) is 11.2. The minimum Gasteiger partial charge on any atom is -0.485 e. The van der Waals surface area contributed by atoms with Crippen molar-refractivity contribution >= 4 is 11.8 Å². The molecule has 0 fully saturated rings. The number of nitrogens with zero attached hydrogens (tertiary/aromatic N) is 5. The minimum absolute atomic E-state index is 0.231. The van der Waals surface area contributed by atoms with Crippen LogP contribution < -0.4 is 10.6 Å². The molecule has 2 N–H and O–H groups in total. The van der Waals surface area contributed by atoms with Gasteiger partial charge in [0, 0.05) is 0 Å². The Bertz CT molecular complexity index is 1170. The number of aryl methyl sites for hydroxylation is 1. The molecule has 0 spiro atoms. The number of hydrogen-bond acceptors (Lipinski definition) is 8. The lowest BCUT2D eigenvalue weighted by Crippen LogP contribution is -2.16. The van der Waals surface area contributed by atoms with E-state index >= 15 is 0 Å². The molecule has 2 aromatic carbocycles. The lowest BCUT2D eigenvalue weighted by molar-refractivity contribution is 0.287. The van der Waals surface area contributed by atoms with Gasteiger partial charge in [0.15, 0.2) is 5.82 Å². The number of nitrogen functional groups attached to an aromatic ring is 1. The van der Waals surface area contributed by atoms with Crippen molar-refractivity contribution in [1.29, 1.82) is 0 Å². The summed E-state index contributed by atoms with van der Waals surface area (Å²) in [5.41, 5.74) is 3.41. The second kappa shape index (κ2) is 9.86. The average Bonchev–Trinajstić information content (AvgIpc) is 3.37. The molecule has 4 rings (SSSR count). The molecule has 0 aliphatic rings. The van der Waals surface area contributed by atoms with Crippen molar-refractivity contribution in [2.24, 2.45) is 0 Å². The Kier molecular flexibility index (Phi) is 6.75. The van der Waals surface area contributed by atoms with Crippen LogP contribution in [0.1, 0.15) is 54.1 Å². The molecule has 32 heavy (non-hydrogen) atoms. The molecule has 0 unspecified atom stereocenters. The molecule has 0 aliphatic carbocycles. The third-order valence-electron chi connectivity index (χ3n) is 4.91. The van der Waals surface area contributed by atoms with Crippen molar-refractivity contribution in [1.82, 2.24) is 25.1 Å². The lowest BCUT2D eigenvalue weighted by Gasteiger charge is -2.14. The highest BCUT2D eigenvalue weighted by molar-refractivity contribution is 7.98. The predicted octanol–water partition coefficient (Wildman–Crippen LogP) is 4.27. The Morgan fingerprint density at radius 1 is 1.03 bits per heavy atom. The number of rotatable bonds is 9. The van der Waals surface area contributed by atoms with Gasteiger partial charge < -0.3 is 15.0 Å². The summed E-state index contributed by atoms with van der Waals surface area (Å²) < 4.78 is 13.2. The molecule has 2 aromatic heterocycles. The highest BCUT2D eigenvalue weighted by Crippen LogP contribution is 2.28. The molecule has 0 radical (unpaired) electrons. The van der Waals surface area contributed by atoms with Gasteiger partial charge in [-0.1, -0.05) is 68.1 Å². The quantitative estimate of drug-likeness (QED) is 0.298. The third kappa shape index (κ3) is 5.28. The summed E-state index contributed by atoms with van der Waals surface area (Å²) >= 11 is 1.39. The second-order valence-corrected chi connectivity index (χ2v) is 8.74. The zero-order chi connectivity index (χ0) is 22.5. The molecule has 9 heteroatoms. The molecular formula is C23H26N6O2S. The molecule has 0 atom stereocenters. The van der Waals surface area contributed by atoms with E-state index in [1.807, 2.05) is 43.3 Å². The van der Waals surface area contributed by atoms with Crippen LogP contribution in [0, 0.1) is 6.92 Å². The van der Waals surface area contributed by atoms with E-state index in [1.54, 1.807) is 0 Å². The fourth-order valence-electron chi connectivity index (χ4n) is 3.20. The SMILES string of the molecule is Cc1ccc(C(C)C)c(OCc2nnc(SCc3nnc(Cc4ccccc4)o3)n2N)c1. The number of nitrogens with two attached hydrogens (primary N) is 1. The molecule has 4 aromatic rings. The van der Waals surface area contributed by atoms with Crippen LogP contribution in [0.4, 0.5) is 0 Å². The molecule has 0 bridgehead atoms. The first-order chi connectivity index (χ1) is 15.5.